The van der Waals surface area contributed by atoms with E-state index in [4.69, 9.17) is 27.6 Å². The number of rotatable bonds is 5. The third-order valence-electron chi connectivity index (χ3n) is 2.66. The van der Waals surface area contributed by atoms with Crippen molar-refractivity contribution in [2.45, 2.75) is 19.5 Å². The standard InChI is InChI=1S/C13H12Cl2N2O3S/c1-7(12(18)16-6-8-3-2-4-20-8)17-13(19)9-5-10(14)21-11(9)15/h2-5,7H,6H2,1H3,(H,16,18)(H,17,19). The molecule has 0 radical (unpaired) electrons. The largest absolute Gasteiger partial charge is 0.467 e. The lowest BCUT2D eigenvalue weighted by molar-refractivity contribution is -0.122. The highest BCUT2D eigenvalue weighted by molar-refractivity contribution is 7.20. The molecule has 2 rings (SSSR count). The molecule has 0 saturated carbocycles. The number of thiophene rings is 1. The van der Waals surface area contributed by atoms with E-state index in [-0.39, 0.29) is 18.0 Å². The minimum Gasteiger partial charge on any atom is -0.467 e. The minimum absolute atomic E-state index is 0.261. The molecule has 0 saturated heterocycles. The summed E-state index contributed by atoms with van der Waals surface area (Å²) in [7, 11) is 0. The summed E-state index contributed by atoms with van der Waals surface area (Å²) in [5, 5.41) is 5.22. The van der Waals surface area contributed by atoms with Crippen molar-refractivity contribution in [3.05, 3.63) is 44.5 Å². The van der Waals surface area contributed by atoms with E-state index < -0.39 is 11.9 Å². The quantitative estimate of drug-likeness (QED) is 0.873. The molecule has 8 heteroatoms. The maximum atomic E-state index is 12.0. The molecule has 0 spiro atoms. The van der Waals surface area contributed by atoms with Gasteiger partial charge in [0.1, 0.15) is 16.1 Å². The lowest BCUT2D eigenvalue weighted by atomic mass is 10.2. The van der Waals surface area contributed by atoms with Crippen LogP contribution in [-0.4, -0.2) is 17.9 Å². The van der Waals surface area contributed by atoms with E-state index in [2.05, 4.69) is 10.6 Å². The summed E-state index contributed by atoms with van der Waals surface area (Å²) in [4.78, 5) is 23.9. The fourth-order valence-electron chi connectivity index (χ4n) is 1.58. The van der Waals surface area contributed by atoms with Crippen LogP contribution in [-0.2, 0) is 11.3 Å². The van der Waals surface area contributed by atoms with E-state index in [1.165, 1.54) is 12.3 Å². The van der Waals surface area contributed by atoms with Crippen LogP contribution in [0.1, 0.15) is 23.0 Å². The van der Waals surface area contributed by atoms with Gasteiger partial charge < -0.3 is 15.1 Å². The fraction of sp³-hybridized carbons (Fsp3) is 0.231. The first-order valence-corrected chi connectivity index (χ1v) is 7.60. The zero-order valence-corrected chi connectivity index (χ0v) is 13.3. The minimum atomic E-state index is -0.706. The number of amides is 2. The van der Waals surface area contributed by atoms with Crippen molar-refractivity contribution in [1.29, 1.82) is 0 Å². The van der Waals surface area contributed by atoms with Crippen LogP contribution in [0.2, 0.25) is 8.67 Å². The molecule has 2 heterocycles. The molecule has 21 heavy (non-hydrogen) atoms. The summed E-state index contributed by atoms with van der Waals surface area (Å²) in [5.41, 5.74) is 0.261. The molecule has 1 atom stereocenters. The van der Waals surface area contributed by atoms with Gasteiger partial charge in [-0.2, -0.15) is 0 Å². The molecule has 0 bridgehead atoms. The lowest BCUT2D eigenvalue weighted by Gasteiger charge is -2.13. The molecule has 0 fully saturated rings. The van der Waals surface area contributed by atoms with Crippen LogP contribution in [0.25, 0.3) is 0 Å². The van der Waals surface area contributed by atoms with Crippen LogP contribution >= 0.6 is 34.5 Å². The third-order valence-corrected chi connectivity index (χ3v) is 4.15. The van der Waals surface area contributed by atoms with Crippen molar-refractivity contribution in [2.24, 2.45) is 0 Å². The Morgan fingerprint density at radius 2 is 2.19 bits per heavy atom. The molecular formula is C13H12Cl2N2O3S. The van der Waals surface area contributed by atoms with E-state index in [1.807, 2.05) is 0 Å². The number of halogens is 2. The summed E-state index contributed by atoms with van der Waals surface area (Å²) in [6, 6.07) is 4.24. The fourth-order valence-corrected chi connectivity index (χ4v) is 3.03. The Kier molecular flexibility index (Phi) is 5.27. The average Bonchev–Trinajstić information content (AvgIpc) is 3.05. The van der Waals surface area contributed by atoms with Crippen molar-refractivity contribution >= 4 is 46.4 Å². The Labute approximate surface area is 135 Å². The van der Waals surface area contributed by atoms with Gasteiger partial charge in [0.2, 0.25) is 5.91 Å². The average molecular weight is 347 g/mol. The van der Waals surface area contributed by atoms with Crippen molar-refractivity contribution in [3.8, 4) is 0 Å². The van der Waals surface area contributed by atoms with E-state index in [9.17, 15) is 9.59 Å². The Balaban J connectivity index is 1.88. The Bertz CT molecular complexity index is 640. The second-order valence-corrected chi connectivity index (χ2v) is 6.52. The Morgan fingerprint density at radius 1 is 1.43 bits per heavy atom. The van der Waals surface area contributed by atoms with E-state index >= 15 is 0 Å². The highest BCUT2D eigenvalue weighted by atomic mass is 35.5. The second kappa shape index (κ2) is 6.98. The highest BCUT2D eigenvalue weighted by Gasteiger charge is 2.20. The molecular weight excluding hydrogens is 335 g/mol. The predicted octanol–water partition coefficient (Wildman–Crippen LogP) is 3.08. The van der Waals surface area contributed by atoms with Gasteiger partial charge in [0, 0.05) is 0 Å². The zero-order chi connectivity index (χ0) is 15.4. The van der Waals surface area contributed by atoms with Crippen LogP contribution in [0, 0.1) is 0 Å². The topological polar surface area (TPSA) is 71.3 Å². The lowest BCUT2D eigenvalue weighted by Crippen LogP contribution is -2.44. The summed E-state index contributed by atoms with van der Waals surface area (Å²) in [6.45, 7) is 1.84. The van der Waals surface area contributed by atoms with Crippen molar-refractivity contribution in [1.82, 2.24) is 10.6 Å². The smallest absolute Gasteiger partial charge is 0.254 e. The number of carbonyl (C=O) groups excluding carboxylic acids is 2. The van der Waals surface area contributed by atoms with Crippen molar-refractivity contribution < 1.29 is 14.0 Å². The molecule has 2 aromatic heterocycles. The monoisotopic (exact) mass is 346 g/mol. The Morgan fingerprint density at radius 3 is 2.76 bits per heavy atom. The van der Waals surface area contributed by atoms with Gasteiger partial charge >= 0.3 is 0 Å². The van der Waals surface area contributed by atoms with Crippen LogP contribution in [0.3, 0.4) is 0 Å². The molecule has 0 aliphatic rings. The SMILES string of the molecule is CC(NC(=O)c1cc(Cl)sc1Cl)C(=O)NCc1ccco1. The molecule has 2 N–H and O–H groups in total. The van der Waals surface area contributed by atoms with E-state index in [0.717, 1.165) is 11.3 Å². The van der Waals surface area contributed by atoms with E-state index in [1.54, 1.807) is 19.1 Å². The molecule has 0 aliphatic heterocycles. The van der Waals surface area contributed by atoms with Crippen LogP contribution < -0.4 is 10.6 Å². The highest BCUT2D eigenvalue weighted by Crippen LogP contribution is 2.30. The maximum absolute atomic E-state index is 12.0. The third kappa shape index (κ3) is 4.23. The van der Waals surface area contributed by atoms with Gasteiger partial charge in [-0.15, -0.1) is 11.3 Å². The molecule has 0 aliphatic carbocycles. The van der Waals surface area contributed by atoms with Crippen LogP contribution in [0.5, 0.6) is 0 Å². The molecule has 2 aromatic rings. The summed E-state index contributed by atoms with van der Waals surface area (Å²) in [6.07, 6.45) is 1.52. The summed E-state index contributed by atoms with van der Waals surface area (Å²) < 4.78 is 5.81. The first-order chi connectivity index (χ1) is 9.97. The van der Waals surface area contributed by atoms with Crippen LogP contribution in [0.4, 0.5) is 0 Å². The normalized spacial score (nSPS) is 12.0. The zero-order valence-electron chi connectivity index (χ0n) is 11.0. The molecule has 2 amide bonds. The van der Waals surface area contributed by atoms with Gasteiger partial charge in [0.05, 0.1) is 22.7 Å². The molecule has 5 nitrogen and oxygen atoms in total. The van der Waals surface area contributed by atoms with Crippen molar-refractivity contribution in [3.63, 3.8) is 0 Å². The molecule has 1 unspecified atom stereocenters. The van der Waals surface area contributed by atoms with Crippen molar-refractivity contribution in [2.75, 3.05) is 0 Å². The summed E-state index contributed by atoms with van der Waals surface area (Å²) in [5.74, 6) is -0.129. The van der Waals surface area contributed by atoms with Crippen LogP contribution in [0.15, 0.2) is 28.9 Å². The summed E-state index contributed by atoms with van der Waals surface area (Å²) >= 11 is 12.8. The van der Waals surface area contributed by atoms with E-state index in [0.29, 0.717) is 14.4 Å². The van der Waals surface area contributed by atoms with Gasteiger partial charge in [0.25, 0.3) is 5.91 Å². The van der Waals surface area contributed by atoms with Gasteiger partial charge in [-0.3, -0.25) is 9.59 Å². The molecule has 112 valence electrons. The first-order valence-electron chi connectivity index (χ1n) is 6.03. The van der Waals surface area contributed by atoms with Gasteiger partial charge in [0.15, 0.2) is 0 Å². The molecule has 0 aromatic carbocycles. The second-order valence-electron chi connectivity index (χ2n) is 4.23. The van der Waals surface area contributed by atoms with Gasteiger partial charge in [-0.1, -0.05) is 23.2 Å². The number of carbonyl (C=O) groups is 2. The maximum Gasteiger partial charge on any atom is 0.254 e. The Hall–Kier alpha value is -1.50. The predicted molar refractivity (Wildman–Crippen MR) is 81.8 cm³/mol. The van der Waals surface area contributed by atoms with Gasteiger partial charge in [-0.25, -0.2) is 0 Å². The van der Waals surface area contributed by atoms with Gasteiger partial charge in [-0.05, 0) is 25.1 Å². The number of hydrogen-bond donors (Lipinski definition) is 2. The first kappa shape index (κ1) is 15.9. The number of nitrogens with one attached hydrogen (secondary N) is 2. The number of furan rings is 1. The number of hydrogen-bond acceptors (Lipinski definition) is 4.